The molecule has 0 fully saturated rings. The van der Waals surface area contributed by atoms with Gasteiger partial charge in [-0.2, -0.15) is 0 Å². The summed E-state index contributed by atoms with van der Waals surface area (Å²) in [5.41, 5.74) is 3.40. The number of halogens is 1. The van der Waals surface area contributed by atoms with Gasteiger partial charge in [-0.05, 0) is 42.8 Å². The Bertz CT molecular complexity index is 1500. The number of amides is 2. The van der Waals surface area contributed by atoms with E-state index in [2.05, 4.69) is 15.8 Å². The number of benzene rings is 3. The van der Waals surface area contributed by atoms with Crippen molar-refractivity contribution in [3.63, 3.8) is 0 Å². The molecule has 4 rings (SSSR count). The van der Waals surface area contributed by atoms with E-state index in [-0.39, 0.29) is 18.5 Å². The van der Waals surface area contributed by atoms with Crippen LogP contribution in [-0.2, 0) is 22.5 Å². The molecule has 0 aliphatic heterocycles. The minimum absolute atomic E-state index is 0.0841. The molecule has 212 valence electrons. The van der Waals surface area contributed by atoms with Crippen molar-refractivity contribution in [1.29, 1.82) is 0 Å². The highest BCUT2D eigenvalue weighted by molar-refractivity contribution is 6.31. The largest absolute Gasteiger partial charge is 0.497 e. The molecule has 0 aliphatic rings. The third-order valence-electron chi connectivity index (χ3n) is 6.32. The van der Waals surface area contributed by atoms with E-state index in [1.54, 1.807) is 80.8 Å². The van der Waals surface area contributed by atoms with Gasteiger partial charge in [0.1, 0.15) is 29.9 Å². The van der Waals surface area contributed by atoms with Crippen LogP contribution in [0.4, 0.5) is 4.79 Å². The fourth-order valence-electron chi connectivity index (χ4n) is 4.08. The van der Waals surface area contributed by atoms with Gasteiger partial charge in [-0.25, -0.2) is 9.59 Å². The maximum atomic E-state index is 12.8. The summed E-state index contributed by atoms with van der Waals surface area (Å²) >= 11 is 6.17. The number of carboxylic acid groups (broad SMARTS) is 1. The summed E-state index contributed by atoms with van der Waals surface area (Å²) in [6.45, 7) is 1.81. The average Bonchev–Trinajstić information content (AvgIpc) is 3.45. The Kier molecular flexibility index (Phi) is 9.60. The second-order valence-corrected chi connectivity index (χ2v) is 9.51. The van der Waals surface area contributed by atoms with Crippen molar-refractivity contribution in [1.82, 2.24) is 15.8 Å². The number of alkyl carbamates (subject to hydrolysis) is 1. The normalized spacial score (nSPS) is 12.2. The smallest absolute Gasteiger partial charge is 0.408 e. The Morgan fingerprint density at radius 2 is 1.73 bits per heavy atom. The molecule has 0 spiro atoms. The maximum Gasteiger partial charge on any atom is 0.408 e. The molecule has 3 aromatic carbocycles. The third-order valence-corrected chi connectivity index (χ3v) is 6.66. The van der Waals surface area contributed by atoms with Gasteiger partial charge in [0, 0.05) is 33.7 Å². The minimum atomic E-state index is -1.15. The fourth-order valence-corrected chi connectivity index (χ4v) is 4.37. The van der Waals surface area contributed by atoms with E-state index in [0.717, 1.165) is 5.56 Å². The van der Waals surface area contributed by atoms with Crippen LogP contribution in [0.1, 0.15) is 40.1 Å². The second kappa shape index (κ2) is 13.5. The van der Waals surface area contributed by atoms with Gasteiger partial charge in [0.2, 0.25) is 0 Å². The second-order valence-electron chi connectivity index (χ2n) is 9.10. The topological polar surface area (TPSA) is 140 Å². The SMILES string of the molecule is COc1ccc(CC(NC(=O)c2ccc(-c3nocc3CNC(=O)OC(C)c3ccccc3Cl)cc2)C(=O)O)cc1. The van der Waals surface area contributed by atoms with Crippen molar-refractivity contribution in [3.8, 4) is 17.0 Å². The van der Waals surface area contributed by atoms with Gasteiger partial charge >= 0.3 is 12.1 Å². The van der Waals surface area contributed by atoms with Crippen LogP contribution < -0.4 is 15.4 Å². The number of hydrogen-bond donors (Lipinski definition) is 3. The Labute approximate surface area is 241 Å². The molecule has 2 amide bonds. The number of hydrogen-bond acceptors (Lipinski definition) is 7. The molecule has 2 atom stereocenters. The summed E-state index contributed by atoms with van der Waals surface area (Å²) in [4.78, 5) is 37.0. The molecule has 0 aliphatic carbocycles. The van der Waals surface area contributed by atoms with Gasteiger partial charge in [-0.15, -0.1) is 0 Å². The molecule has 10 nitrogen and oxygen atoms in total. The number of nitrogens with one attached hydrogen (secondary N) is 2. The maximum absolute atomic E-state index is 12.8. The Balaban J connectivity index is 1.35. The number of carbonyl (C=O) groups is 3. The molecular weight excluding hydrogens is 550 g/mol. The number of carboxylic acids is 1. The Morgan fingerprint density at radius 1 is 1.02 bits per heavy atom. The summed E-state index contributed by atoms with van der Waals surface area (Å²) in [5.74, 6) is -1.03. The highest BCUT2D eigenvalue weighted by Crippen LogP contribution is 2.26. The van der Waals surface area contributed by atoms with Crippen molar-refractivity contribution in [2.45, 2.75) is 32.0 Å². The van der Waals surface area contributed by atoms with Crippen molar-refractivity contribution < 1.29 is 33.5 Å². The lowest BCUT2D eigenvalue weighted by Crippen LogP contribution is -2.42. The van der Waals surface area contributed by atoms with Gasteiger partial charge in [0.15, 0.2) is 0 Å². The van der Waals surface area contributed by atoms with Crippen LogP contribution in [0.2, 0.25) is 5.02 Å². The molecule has 1 aromatic heterocycles. The van der Waals surface area contributed by atoms with Gasteiger partial charge in [0.25, 0.3) is 5.91 Å². The monoisotopic (exact) mass is 577 g/mol. The lowest BCUT2D eigenvalue weighted by Gasteiger charge is -2.15. The van der Waals surface area contributed by atoms with E-state index in [9.17, 15) is 19.5 Å². The molecule has 41 heavy (non-hydrogen) atoms. The predicted octanol–water partition coefficient (Wildman–Crippen LogP) is 5.42. The summed E-state index contributed by atoms with van der Waals surface area (Å²) in [7, 11) is 1.54. The minimum Gasteiger partial charge on any atom is -0.497 e. The number of nitrogens with zero attached hydrogens (tertiary/aromatic N) is 1. The third kappa shape index (κ3) is 7.64. The molecule has 4 aromatic rings. The summed E-state index contributed by atoms with van der Waals surface area (Å²) < 4.78 is 15.7. The van der Waals surface area contributed by atoms with Crippen LogP contribution in [0.3, 0.4) is 0 Å². The van der Waals surface area contributed by atoms with E-state index in [1.807, 2.05) is 6.07 Å². The van der Waals surface area contributed by atoms with E-state index in [0.29, 0.717) is 33.2 Å². The molecule has 0 bridgehead atoms. The molecule has 1 heterocycles. The fraction of sp³-hybridized carbons (Fsp3) is 0.200. The molecule has 0 radical (unpaired) electrons. The number of carbonyl (C=O) groups excluding carboxylic acids is 2. The number of rotatable bonds is 11. The summed E-state index contributed by atoms with van der Waals surface area (Å²) in [5, 5.41) is 19.4. The van der Waals surface area contributed by atoms with Gasteiger partial charge in [-0.1, -0.05) is 59.2 Å². The Morgan fingerprint density at radius 3 is 2.39 bits per heavy atom. The molecular formula is C30H28ClN3O7. The first-order valence-corrected chi connectivity index (χ1v) is 13.0. The van der Waals surface area contributed by atoms with Crippen LogP contribution in [0.5, 0.6) is 5.75 Å². The Hall–Kier alpha value is -4.83. The van der Waals surface area contributed by atoms with E-state index >= 15 is 0 Å². The number of methoxy groups -OCH3 is 1. The first-order chi connectivity index (χ1) is 19.7. The van der Waals surface area contributed by atoms with E-state index in [1.165, 1.54) is 6.26 Å². The van der Waals surface area contributed by atoms with Crippen molar-refractivity contribution in [3.05, 3.63) is 106 Å². The molecule has 0 saturated carbocycles. The van der Waals surface area contributed by atoms with Gasteiger partial charge < -0.3 is 29.7 Å². The van der Waals surface area contributed by atoms with Crippen molar-refractivity contribution >= 4 is 29.6 Å². The van der Waals surface area contributed by atoms with E-state index < -0.39 is 30.1 Å². The van der Waals surface area contributed by atoms with E-state index in [4.69, 9.17) is 25.6 Å². The van der Waals surface area contributed by atoms with Crippen LogP contribution in [0, 0.1) is 0 Å². The van der Waals surface area contributed by atoms with Crippen LogP contribution in [-0.4, -0.2) is 41.4 Å². The molecule has 3 N–H and O–H groups in total. The van der Waals surface area contributed by atoms with Crippen LogP contribution in [0.15, 0.2) is 83.6 Å². The number of aliphatic carboxylic acids is 1. The lowest BCUT2D eigenvalue weighted by atomic mass is 10.0. The highest BCUT2D eigenvalue weighted by atomic mass is 35.5. The quantitative estimate of drug-likeness (QED) is 0.215. The standard InChI is InChI=1S/C30H28ClN3O7/c1-18(24-5-3-4-6-25(24)31)41-30(38)32-16-22-17-40-34-27(22)20-9-11-21(12-10-20)28(35)33-26(29(36)37)15-19-7-13-23(39-2)14-8-19/h3-14,17-18,26H,15-16H2,1-2H3,(H,32,38)(H,33,35)(H,36,37). The van der Waals surface area contributed by atoms with Gasteiger partial charge in [-0.3, -0.25) is 4.79 Å². The number of aromatic nitrogens is 1. The van der Waals surface area contributed by atoms with Gasteiger partial charge in [0.05, 0.1) is 13.7 Å². The lowest BCUT2D eigenvalue weighted by molar-refractivity contribution is -0.139. The van der Waals surface area contributed by atoms with Crippen LogP contribution in [0.25, 0.3) is 11.3 Å². The highest BCUT2D eigenvalue weighted by Gasteiger charge is 2.22. The molecule has 0 saturated heterocycles. The first-order valence-electron chi connectivity index (χ1n) is 12.6. The van der Waals surface area contributed by atoms with Crippen molar-refractivity contribution in [2.24, 2.45) is 0 Å². The predicted molar refractivity (Wildman–Crippen MR) is 151 cm³/mol. The summed E-state index contributed by atoms with van der Waals surface area (Å²) in [6, 6.07) is 19.4. The summed E-state index contributed by atoms with van der Waals surface area (Å²) in [6.07, 6.45) is 0.322. The zero-order valence-corrected chi connectivity index (χ0v) is 23.1. The zero-order chi connectivity index (χ0) is 29.4. The molecule has 11 heteroatoms. The van der Waals surface area contributed by atoms with Crippen LogP contribution >= 0.6 is 11.6 Å². The molecule has 2 unspecified atom stereocenters. The number of ether oxygens (including phenoxy) is 2. The first kappa shape index (κ1) is 29.2. The van der Waals surface area contributed by atoms with Crippen molar-refractivity contribution in [2.75, 3.05) is 7.11 Å². The zero-order valence-electron chi connectivity index (χ0n) is 22.3. The average molecular weight is 578 g/mol.